The van der Waals surface area contributed by atoms with Gasteiger partial charge < -0.3 is 4.74 Å². The van der Waals surface area contributed by atoms with Crippen LogP contribution in [0.25, 0.3) is 0 Å². The Labute approximate surface area is 133 Å². The second-order valence-corrected chi connectivity index (χ2v) is 6.30. The van der Waals surface area contributed by atoms with Crippen LogP contribution in [-0.4, -0.2) is 12.0 Å². The normalized spacial score (nSPS) is 13.7. The lowest BCUT2D eigenvalue weighted by atomic mass is 9.78. The summed E-state index contributed by atoms with van der Waals surface area (Å²) in [6, 6.07) is 8.72. The molecule has 0 amide bonds. The molecule has 0 fully saturated rings. The van der Waals surface area contributed by atoms with E-state index in [1.165, 1.54) is 24.0 Å². The highest BCUT2D eigenvalue weighted by Crippen LogP contribution is 2.31. The predicted molar refractivity (Wildman–Crippen MR) is 89.1 cm³/mol. The largest absolute Gasteiger partial charge is 0.453 e. The summed E-state index contributed by atoms with van der Waals surface area (Å²) in [6.07, 6.45) is 6.77. The first-order valence-electron chi connectivity index (χ1n) is 7.93. The fourth-order valence-electron chi connectivity index (χ4n) is 2.54. The second kappa shape index (κ2) is 9.09. The molecule has 0 N–H and O–H groups in total. The van der Waals surface area contributed by atoms with E-state index in [-0.39, 0.29) is 5.41 Å². The quantitative estimate of drug-likeness (QED) is 0.534. The summed E-state index contributed by atoms with van der Waals surface area (Å²) in [5, 5.41) is 0. The van der Waals surface area contributed by atoms with Crippen LogP contribution in [0.2, 0.25) is 0 Å². The second-order valence-electron chi connectivity index (χ2n) is 5.99. The van der Waals surface area contributed by atoms with E-state index in [9.17, 15) is 4.79 Å². The van der Waals surface area contributed by atoms with Crippen molar-refractivity contribution in [2.24, 2.45) is 0 Å². The average molecular weight is 311 g/mol. The Balaban J connectivity index is 2.83. The van der Waals surface area contributed by atoms with Gasteiger partial charge in [0.1, 0.15) is 6.61 Å². The van der Waals surface area contributed by atoms with Gasteiger partial charge in [0.15, 0.2) is 0 Å². The van der Waals surface area contributed by atoms with Crippen molar-refractivity contribution in [3.63, 3.8) is 0 Å². The zero-order valence-electron chi connectivity index (χ0n) is 13.5. The number of carbonyl (C=O) groups excluding carboxylic acids is 1. The summed E-state index contributed by atoms with van der Waals surface area (Å²) >= 11 is 5.33. The molecular weight excluding hydrogens is 284 g/mol. The van der Waals surface area contributed by atoms with Crippen molar-refractivity contribution in [3.05, 3.63) is 35.4 Å². The van der Waals surface area contributed by atoms with E-state index < -0.39 is 5.43 Å². The van der Waals surface area contributed by atoms with E-state index in [0.29, 0.717) is 6.61 Å². The van der Waals surface area contributed by atoms with Crippen LogP contribution in [0.15, 0.2) is 24.3 Å². The van der Waals surface area contributed by atoms with Crippen molar-refractivity contribution in [3.8, 4) is 0 Å². The minimum absolute atomic E-state index is 0.163. The maximum atomic E-state index is 10.9. The Morgan fingerprint density at radius 1 is 1.14 bits per heavy atom. The third-order valence-electron chi connectivity index (χ3n) is 4.06. The Morgan fingerprint density at radius 3 is 2.29 bits per heavy atom. The molecule has 0 aliphatic heterocycles. The Hall–Kier alpha value is -1.02. The number of ether oxygens (including phenoxy) is 1. The molecule has 0 aliphatic rings. The van der Waals surface area contributed by atoms with Gasteiger partial charge in [0.2, 0.25) is 0 Å². The van der Waals surface area contributed by atoms with Crippen molar-refractivity contribution in [2.45, 2.75) is 64.7 Å². The zero-order valence-corrected chi connectivity index (χ0v) is 14.2. The Bertz CT molecular complexity index is 427. The lowest BCUT2D eigenvalue weighted by molar-refractivity contribution is 0.138. The molecule has 0 radical (unpaired) electrons. The number of carbonyl (C=O) groups is 1. The number of aryl methyl sites for hydroxylation is 1. The van der Waals surface area contributed by atoms with Crippen LogP contribution in [0.1, 0.15) is 64.0 Å². The van der Waals surface area contributed by atoms with Crippen LogP contribution in [0.3, 0.4) is 0 Å². The van der Waals surface area contributed by atoms with Crippen molar-refractivity contribution in [1.82, 2.24) is 0 Å². The van der Waals surface area contributed by atoms with Gasteiger partial charge in [-0.2, -0.15) is 0 Å². The van der Waals surface area contributed by atoms with Crippen molar-refractivity contribution in [1.29, 1.82) is 0 Å². The highest BCUT2D eigenvalue weighted by Gasteiger charge is 2.27. The zero-order chi connectivity index (χ0) is 15.7. The highest BCUT2D eigenvalue weighted by atomic mass is 35.5. The Kier molecular flexibility index (Phi) is 7.81. The molecule has 118 valence electrons. The number of halogens is 1. The van der Waals surface area contributed by atoms with Gasteiger partial charge in [0.05, 0.1) is 0 Å². The van der Waals surface area contributed by atoms with Crippen LogP contribution in [0.4, 0.5) is 4.79 Å². The molecule has 0 aromatic heterocycles. The molecule has 1 aromatic carbocycles. The molecule has 0 aliphatic carbocycles. The first-order valence-corrected chi connectivity index (χ1v) is 8.31. The molecule has 1 rings (SSSR count). The van der Waals surface area contributed by atoms with Gasteiger partial charge in [-0.25, -0.2) is 4.79 Å². The molecule has 0 saturated heterocycles. The third kappa shape index (κ3) is 6.09. The van der Waals surface area contributed by atoms with E-state index in [2.05, 4.69) is 45.0 Å². The molecule has 0 bridgehead atoms. The summed E-state index contributed by atoms with van der Waals surface area (Å²) in [5.74, 6) is 0. The lowest BCUT2D eigenvalue weighted by Crippen LogP contribution is -2.29. The summed E-state index contributed by atoms with van der Waals surface area (Å²) in [5.41, 5.74) is 1.70. The maximum Gasteiger partial charge on any atom is 0.403 e. The van der Waals surface area contributed by atoms with Gasteiger partial charge in [0, 0.05) is 17.0 Å². The average Bonchev–Trinajstić information content (AvgIpc) is 2.49. The summed E-state index contributed by atoms with van der Waals surface area (Å²) < 4.78 is 5.08. The number of unbranched alkanes of at least 4 members (excludes halogenated alkanes) is 2. The van der Waals surface area contributed by atoms with Gasteiger partial charge in [0.25, 0.3) is 0 Å². The van der Waals surface area contributed by atoms with Crippen LogP contribution in [0, 0.1) is 0 Å². The van der Waals surface area contributed by atoms with Gasteiger partial charge in [-0.15, -0.1) is 0 Å². The summed E-state index contributed by atoms with van der Waals surface area (Å²) in [7, 11) is 0. The third-order valence-corrected chi connectivity index (χ3v) is 4.17. The summed E-state index contributed by atoms with van der Waals surface area (Å²) in [6.45, 7) is 6.85. The first kappa shape index (κ1) is 18.0. The minimum atomic E-state index is -0.725. The number of benzene rings is 1. The number of hydrogen-bond donors (Lipinski definition) is 0. The maximum absolute atomic E-state index is 10.9. The SMILES string of the molecule is CCCCc1ccc(C(C)(CCCC)COC(=O)Cl)cc1. The minimum Gasteiger partial charge on any atom is -0.453 e. The standard InChI is InChI=1S/C18H27ClO2/c1-4-6-8-15-9-11-16(12-10-15)18(3,13-7-5-2)14-21-17(19)20/h9-12H,4-8,13-14H2,1-3H3. The van der Waals surface area contributed by atoms with Gasteiger partial charge in [-0.1, -0.05) is 64.3 Å². The monoisotopic (exact) mass is 310 g/mol. The molecule has 0 saturated carbocycles. The molecular formula is C18H27ClO2. The van der Waals surface area contributed by atoms with E-state index in [1.54, 1.807) is 0 Å². The fourth-order valence-corrected chi connectivity index (χ4v) is 2.59. The van der Waals surface area contributed by atoms with E-state index in [0.717, 1.165) is 25.7 Å². The molecule has 1 atom stereocenters. The van der Waals surface area contributed by atoms with E-state index >= 15 is 0 Å². The van der Waals surface area contributed by atoms with Crippen molar-refractivity contribution >= 4 is 17.0 Å². The summed E-state index contributed by atoms with van der Waals surface area (Å²) in [4.78, 5) is 10.9. The molecule has 1 aromatic rings. The van der Waals surface area contributed by atoms with Crippen LogP contribution >= 0.6 is 11.6 Å². The molecule has 3 heteroatoms. The van der Waals surface area contributed by atoms with Gasteiger partial charge in [-0.3, -0.25) is 0 Å². The van der Waals surface area contributed by atoms with Gasteiger partial charge in [-0.05, 0) is 30.4 Å². The molecule has 0 heterocycles. The number of rotatable bonds is 9. The molecule has 0 spiro atoms. The van der Waals surface area contributed by atoms with E-state index in [1.807, 2.05) is 0 Å². The number of hydrogen-bond acceptors (Lipinski definition) is 2. The van der Waals surface area contributed by atoms with Crippen LogP contribution in [0.5, 0.6) is 0 Å². The Morgan fingerprint density at radius 2 is 1.76 bits per heavy atom. The first-order chi connectivity index (χ1) is 10.0. The fraction of sp³-hybridized carbons (Fsp3) is 0.611. The predicted octanol–water partition coefficient (Wildman–Crippen LogP) is 5.85. The van der Waals surface area contributed by atoms with Crippen molar-refractivity contribution < 1.29 is 9.53 Å². The highest BCUT2D eigenvalue weighted by molar-refractivity contribution is 6.61. The van der Waals surface area contributed by atoms with Gasteiger partial charge >= 0.3 is 5.43 Å². The molecule has 1 unspecified atom stereocenters. The van der Waals surface area contributed by atoms with E-state index in [4.69, 9.17) is 16.3 Å². The smallest absolute Gasteiger partial charge is 0.403 e. The molecule has 21 heavy (non-hydrogen) atoms. The van der Waals surface area contributed by atoms with Crippen molar-refractivity contribution in [2.75, 3.05) is 6.61 Å². The van der Waals surface area contributed by atoms with Crippen LogP contribution in [-0.2, 0) is 16.6 Å². The molecule has 2 nitrogen and oxygen atoms in total. The topological polar surface area (TPSA) is 26.3 Å². The lowest BCUT2D eigenvalue weighted by Gasteiger charge is -2.29. The van der Waals surface area contributed by atoms with Crippen LogP contribution < -0.4 is 0 Å².